The third-order valence-electron chi connectivity index (χ3n) is 3.69. The van der Waals surface area contributed by atoms with Crippen LogP contribution in [-0.2, 0) is 6.18 Å². The Bertz CT molecular complexity index is 831. The van der Waals surface area contributed by atoms with Gasteiger partial charge in [-0.2, -0.15) is 17.6 Å². The molecule has 2 aromatic rings. The van der Waals surface area contributed by atoms with Crippen molar-refractivity contribution in [2.45, 2.75) is 19.0 Å². The molecule has 0 aliphatic heterocycles. The molecule has 0 atom stereocenters. The molecule has 2 rings (SSSR count). The van der Waals surface area contributed by atoms with Gasteiger partial charge in [-0.25, -0.2) is 0 Å². The molecule has 0 aromatic heterocycles. The van der Waals surface area contributed by atoms with E-state index in [2.05, 4.69) is 15.9 Å². The summed E-state index contributed by atoms with van der Waals surface area (Å²) in [4.78, 5) is 0. The number of halogens is 7. The zero-order valence-electron chi connectivity index (χ0n) is 15.4. The number of rotatable bonds is 10. The zero-order valence-corrected chi connectivity index (χ0v) is 18.5. The van der Waals surface area contributed by atoms with E-state index in [1.807, 2.05) is 0 Å². The quantitative estimate of drug-likeness (QED) is 0.231. The summed E-state index contributed by atoms with van der Waals surface area (Å²) in [5, 5.41) is 0.503. The zero-order chi connectivity index (χ0) is 22.1. The molecule has 164 valence electrons. The summed E-state index contributed by atoms with van der Waals surface area (Å²) in [5.74, 6) is 1.03. The van der Waals surface area contributed by atoms with E-state index in [9.17, 15) is 17.6 Å². The lowest BCUT2D eigenvalue weighted by atomic mass is 10.2. The second-order valence-electron chi connectivity index (χ2n) is 5.95. The SMILES string of the molecule is FC(Br)=CCOc1cc(Cl)c(OCCCCOc2ccc(C(F)(F)F)cc2)c(Cl)c1. The van der Waals surface area contributed by atoms with Crippen molar-refractivity contribution >= 4 is 39.1 Å². The minimum absolute atomic E-state index is 0.00285. The highest BCUT2D eigenvalue weighted by Crippen LogP contribution is 2.37. The molecule has 0 amide bonds. The Labute approximate surface area is 189 Å². The van der Waals surface area contributed by atoms with Crippen LogP contribution in [0.1, 0.15) is 18.4 Å². The molecular weight excluding hydrogens is 515 g/mol. The highest BCUT2D eigenvalue weighted by molar-refractivity contribution is 9.11. The van der Waals surface area contributed by atoms with Crippen LogP contribution >= 0.6 is 39.1 Å². The maximum absolute atomic E-state index is 12.6. The van der Waals surface area contributed by atoms with Crippen LogP contribution in [-0.4, -0.2) is 19.8 Å². The summed E-state index contributed by atoms with van der Waals surface area (Å²) in [7, 11) is 0. The van der Waals surface area contributed by atoms with Gasteiger partial charge >= 0.3 is 6.18 Å². The first-order valence-corrected chi connectivity index (χ1v) is 10.3. The minimum atomic E-state index is -4.37. The monoisotopic (exact) mass is 530 g/mol. The predicted octanol–water partition coefficient (Wildman–Crippen LogP) is 7.83. The lowest BCUT2D eigenvalue weighted by Crippen LogP contribution is -2.05. The van der Waals surface area contributed by atoms with Gasteiger partial charge in [0.1, 0.15) is 18.1 Å². The molecule has 0 N–H and O–H groups in total. The molecule has 0 aliphatic rings. The van der Waals surface area contributed by atoms with Gasteiger partial charge in [-0.1, -0.05) is 23.2 Å². The second kappa shape index (κ2) is 11.7. The lowest BCUT2D eigenvalue weighted by molar-refractivity contribution is -0.137. The van der Waals surface area contributed by atoms with E-state index in [0.717, 1.165) is 12.1 Å². The van der Waals surface area contributed by atoms with Gasteiger partial charge in [0.15, 0.2) is 10.5 Å². The van der Waals surface area contributed by atoms with E-state index in [1.54, 1.807) is 0 Å². The molecule has 0 saturated carbocycles. The molecule has 2 aromatic carbocycles. The van der Waals surface area contributed by atoms with E-state index in [-0.39, 0.29) is 16.7 Å². The first kappa shape index (κ1) is 24.6. The fourth-order valence-electron chi connectivity index (χ4n) is 2.27. The van der Waals surface area contributed by atoms with Crippen LogP contribution in [0.4, 0.5) is 17.6 Å². The van der Waals surface area contributed by atoms with E-state index >= 15 is 0 Å². The topological polar surface area (TPSA) is 27.7 Å². The summed E-state index contributed by atoms with van der Waals surface area (Å²) in [6.07, 6.45) is -1.95. The Morgan fingerprint density at radius 2 is 1.47 bits per heavy atom. The first-order valence-electron chi connectivity index (χ1n) is 8.72. The molecule has 10 heteroatoms. The third kappa shape index (κ3) is 8.24. The van der Waals surface area contributed by atoms with E-state index in [4.69, 9.17) is 37.4 Å². The fourth-order valence-corrected chi connectivity index (χ4v) is 2.98. The summed E-state index contributed by atoms with van der Waals surface area (Å²) in [6, 6.07) is 7.53. The van der Waals surface area contributed by atoms with Crippen molar-refractivity contribution in [2.24, 2.45) is 0 Å². The van der Waals surface area contributed by atoms with Gasteiger partial charge in [0.05, 0.1) is 28.8 Å². The van der Waals surface area contributed by atoms with Gasteiger partial charge < -0.3 is 14.2 Å². The number of unbranched alkanes of at least 4 members (excludes halogenated alkanes) is 1. The Hall–Kier alpha value is -1.64. The normalized spacial score (nSPS) is 12.0. The van der Waals surface area contributed by atoms with Gasteiger partial charge in [0, 0.05) is 12.1 Å². The van der Waals surface area contributed by atoms with Crippen molar-refractivity contribution in [3.05, 3.63) is 62.8 Å². The molecule has 0 fully saturated rings. The van der Waals surface area contributed by atoms with Gasteiger partial charge in [-0.3, -0.25) is 0 Å². The summed E-state index contributed by atoms with van der Waals surface area (Å²) in [6.45, 7) is 0.636. The molecule has 30 heavy (non-hydrogen) atoms. The number of hydrogen-bond donors (Lipinski definition) is 0. The Morgan fingerprint density at radius 3 is 2.00 bits per heavy atom. The van der Waals surface area contributed by atoms with Crippen molar-refractivity contribution in [1.29, 1.82) is 0 Å². The first-order chi connectivity index (χ1) is 14.2. The number of benzene rings is 2. The third-order valence-corrected chi connectivity index (χ3v) is 4.58. The minimum Gasteiger partial charge on any atom is -0.494 e. The maximum Gasteiger partial charge on any atom is 0.416 e. The summed E-state index contributed by atoms with van der Waals surface area (Å²) >= 11 is 14.9. The summed E-state index contributed by atoms with van der Waals surface area (Å²) < 4.78 is 65.9. The van der Waals surface area contributed by atoms with Crippen LogP contribution in [0.2, 0.25) is 10.0 Å². The molecule has 0 bridgehead atoms. The van der Waals surface area contributed by atoms with Gasteiger partial charge in [-0.05, 0) is 59.1 Å². The second-order valence-corrected chi connectivity index (χ2v) is 7.52. The molecule has 0 unspecified atom stereocenters. The van der Waals surface area contributed by atoms with E-state index in [0.29, 0.717) is 43.3 Å². The molecular formula is C20H17BrCl2F4O3. The molecule has 0 aliphatic carbocycles. The van der Waals surface area contributed by atoms with Gasteiger partial charge in [0.25, 0.3) is 0 Å². The fraction of sp³-hybridized carbons (Fsp3) is 0.300. The number of hydrogen-bond acceptors (Lipinski definition) is 3. The average Bonchev–Trinajstić information content (AvgIpc) is 2.65. The van der Waals surface area contributed by atoms with E-state index < -0.39 is 16.5 Å². The van der Waals surface area contributed by atoms with Crippen LogP contribution in [0.3, 0.4) is 0 Å². The van der Waals surface area contributed by atoms with Gasteiger partial charge in [-0.15, -0.1) is 0 Å². The Balaban J connectivity index is 1.73. The van der Waals surface area contributed by atoms with Crippen LogP contribution in [0, 0.1) is 0 Å². The smallest absolute Gasteiger partial charge is 0.416 e. The largest absolute Gasteiger partial charge is 0.494 e. The Kier molecular flexibility index (Phi) is 9.58. The predicted molar refractivity (Wildman–Crippen MR) is 112 cm³/mol. The van der Waals surface area contributed by atoms with Crippen molar-refractivity contribution < 1.29 is 31.8 Å². The van der Waals surface area contributed by atoms with Gasteiger partial charge in [0.2, 0.25) is 0 Å². The molecule has 0 radical (unpaired) electrons. The van der Waals surface area contributed by atoms with Crippen LogP contribution in [0.25, 0.3) is 0 Å². The van der Waals surface area contributed by atoms with Crippen LogP contribution < -0.4 is 14.2 Å². The molecule has 0 saturated heterocycles. The van der Waals surface area contributed by atoms with Crippen molar-refractivity contribution in [3.8, 4) is 17.2 Å². The van der Waals surface area contributed by atoms with Crippen LogP contribution in [0.5, 0.6) is 17.2 Å². The summed E-state index contributed by atoms with van der Waals surface area (Å²) in [5.41, 5.74) is -0.722. The molecule has 0 heterocycles. The van der Waals surface area contributed by atoms with Crippen molar-refractivity contribution in [1.82, 2.24) is 0 Å². The number of ether oxygens (including phenoxy) is 3. The highest BCUT2D eigenvalue weighted by atomic mass is 79.9. The number of alkyl halides is 3. The standard InChI is InChI=1S/C20H17BrCl2F4O3/c21-18(24)7-10-29-15-11-16(22)19(17(23)12-15)30-9-2-1-8-28-14-5-3-13(4-6-14)20(25,26)27/h3-7,11-12H,1-2,8-10H2. The van der Waals surface area contributed by atoms with Crippen LogP contribution in [0.15, 0.2) is 47.2 Å². The lowest BCUT2D eigenvalue weighted by Gasteiger charge is -2.12. The van der Waals surface area contributed by atoms with E-state index in [1.165, 1.54) is 30.3 Å². The van der Waals surface area contributed by atoms with Crippen molar-refractivity contribution in [3.63, 3.8) is 0 Å². The maximum atomic E-state index is 12.6. The molecule has 0 spiro atoms. The Morgan fingerprint density at radius 1 is 0.900 bits per heavy atom. The average molecular weight is 532 g/mol. The molecule has 3 nitrogen and oxygen atoms in total. The van der Waals surface area contributed by atoms with Crippen molar-refractivity contribution in [2.75, 3.05) is 19.8 Å². The highest BCUT2D eigenvalue weighted by Gasteiger charge is 2.29.